The van der Waals surface area contributed by atoms with Gasteiger partial charge in [-0.1, -0.05) is 11.6 Å². The van der Waals surface area contributed by atoms with E-state index in [4.69, 9.17) is 17.3 Å². The fourth-order valence-corrected chi connectivity index (χ4v) is 2.89. The molecule has 2 N–H and O–H groups in total. The van der Waals surface area contributed by atoms with E-state index >= 15 is 0 Å². The highest BCUT2D eigenvalue weighted by molar-refractivity contribution is 7.90. The lowest BCUT2D eigenvalue weighted by molar-refractivity contribution is 0.253. The average Bonchev–Trinajstić information content (AvgIpc) is 2.11. The molecular weight excluding hydrogens is 246 g/mol. The summed E-state index contributed by atoms with van der Waals surface area (Å²) >= 11 is 5.92. The molecule has 1 saturated carbocycles. The molecule has 88 valence electrons. The van der Waals surface area contributed by atoms with Crippen molar-refractivity contribution in [1.82, 2.24) is 0 Å². The second-order valence-corrected chi connectivity index (χ2v) is 6.91. The maximum absolute atomic E-state index is 11.5. The van der Waals surface area contributed by atoms with Gasteiger partial charge in [0, 0.05) is 16.8 Å². The molecular formula is C11H14ClNO2S. The maximum atomic E-state index is 11.5. The van der Waals surface area contributed by atoms with Crippen molar-refractivity contribution in [3.8, 4) is 0 Å². The SMILES string of the molecule is CS(=O)(=O)c1cc(Cl)cc(C2(N)CCC2)c1. The second-order valence-electron chi connectivity index (χ2n) is 4.46. The summed E-state index contributed by atoms with van der Waals surface area (Å²) < 4.78 is 22.9. The number of halogens is 1. The van der Waals surface area contributed by atoms with Gasteiger partial charge in [-0.05, 0) is 43.0 Å². The fraction of sp³-hybridized carbons (Fsp3) is 0.455. The molecule has 0 radical (unpaired) electrons. The van der Waals surface area contributed by atoms with Crippen molar-refractivity contribution in [2.45, 2.75) is 29.7 Å². The molecule has 0 atom stereocenters. The van der Waals surface area contributed by atoms with E-state index in [1.807, 2.05) is 0 Å². The van der Waals surface area contributed by atoms with Gasteiger partial charge in [-0.3, -0.25) is 0 Å². The van der Waals surface area contributed by atoms with Crippen molar-refractivity contribution in [3.05, 3.63) is 28.8 Å². The third kappa shape index (κ3) is 2.10. The third-order valence-electron chi connectivity index (χ3n) is 3.12. The van der Waals surface area contributed by atoms with Crippen molar-refractivity contribution in [1.29, 1.82) is 0 Å². The standard InChI is InChI=1S/C11H14ClNO2S/c1-16(14,15)10-6-8(5-9(12)7-10)11(13)3-2-4-11/h5-7H,2-4,13H2,1H3. The van der Waals surface area contributed by atoms with Crippen LogP contribution in [-0.2, 0) is 15.4 Å². The van der Waals surface area contributed by atoms with Crippen LogP contribution in [0.2, 0.25) is 5.02 Å². The molecule has 2 rings (SSSR count). The van der Waals surface area contributed by atoms with Crippen LogP contribution in [0.1, 0.15) is 24.8 Å². The predicted molar refractivity (Wildman–Crippen MR) is 64.3 cm³/mol. The number of hydrogen-bond donors (Lipinski definition) is 1. The van der Waals surface area contributed by atoms with Crippen LogP contribution >= 0.6 is 11.6 Å². The number of hydrogen-bond acceptors (Lipinski definition) is 3. The summed E-state index contributed by atoms with van der Waals surface area (Å²) in [5, 5.41) is 0.426. The monoisotopic (exact) mass is 259 g/mol. The van der Waals surface area contributed by atoms with E-state index in [2.05, 4.69) is 0 Å². The van der Waals surface area contributed by atoms with Gasteiger partial charge < -0.3 is 5.73 Å². The lowest BCUT2D eigenvalue weighted by Gasteiger charge is -2.38. The smallest absolute Gasteiger partial charge is 0.175 e. The van der Waals surface area contributed by atoms with E-state index in [9.17, 15) is 8.42 Å². The molecule has 0 aliphatic heterocycles. The maximum Gasteiger partial charge on any atom is 0.175 e. The van der Waals surface area contributed by atoms with E-state index in [1.165, 1.54) is 12.3 Å². The van der Waals surface area contributed by atoms with E-state index in [0.29, 0.717) is 5.02 Å². The van der Waals surface area contributed by atoms with Crippen molar-refractivity contribution < 1.29 is 8.42 Å². The fourth-order valence-electron chi connectivity index (χ4n) is 1.91. The highest BCUT2D eigenvalue weighted by Crippen LogP contribution is 2.40. The van der Waals surface area contributed by atoms with Gasteiger partial charge in [-0.2, -0.15) is 0 Å². The summed E-state index contributed by atoms with van der Waals surface area (Å²) in [7, 11) is -3.23. The van der Waals surface area contributed by atoms with Crippen LogP contribution in [0.15, 0.2) is 23.1 Å². The molecule has 5 heteroatoms. The highest BCUT2D eigenvalue weighted by atomic mass is 35.5. The zero-order valence-electron chi connectivity index (χ0n) is 9.03. The van der Waals surface area contributed by atoms with Crippen molar-refractivity contribution in [2.24, 2.45) is 5.73 Å². The van der Waals surface area contributed by atoms with Crippen molar-refractivity contribution >= 4 is 21.4 Å². The summed E-state index contributed by atoms with van der Waals surface area (Å²) in [6.07, 6.45) is 4.02. The Balaban J connectivity index is 2.52. The van der Waals surface area contributed by atoms with E-state index in [-0.39, 0.29) is 10.4 Å². The number of rotatable bonds is 2. The Bertz CT molecular complexity index is 521. The zero-order valence-corrected chi connectivity index (χ0v) is 10.6. The molecule has 0 heterocycles. The van der Waals surface area contributed by atoms with Gasteiger partial charge in [0.05, 0.1) is 4.90 Å². The Morgan fingerprint density at radius 2 is 1.94 bits per heavy atom. The normalized spacial score (nSPS) is 19.2. The Hall–Kier alpha value is -0.580. The summed E-state index contributed by atoms with van der Waals surface area (Å²) in [6, 6.07) is 4.86. The van der Waals surface area contributed by atoms with Gasteiger partial charge in [0.15, 0.2) is 9.84 Å². The first kappa shape index (κ1) is 11.9. The zero-order chi connectivity index (χ0) is 12.0. The number of sulfone groups is 1. The summed E-state index contributed by atoms with van der Waals surface area (Å²) in [6.45, 7) is 0. The van der Waals surface area contributed by atoms with E-state index in [0.717, 1.165) is 24.8 Å². The predicted octanol–water partition coefficient (Wildman–Crippen LogP) is 2.08. The molecule has 16 heavy (non-hydrogen) atoms. The van der Waals surface area contributed by atoms with E-state index in [1.54, 1.807) is 12.1 Å². The summed E-state index contributed by atoms with van der Waals surface area (Å²) in [4.78, 5) is 0.242. The largest absolute Gasteiger partial charge is 0.321 e. The topological polar surface area (TPSA) is 60.2 Å². The quantitative estimate of drug-likeness (QED) is 0.885. The van der Waals surface area contributed by atoms with Gasteiger partial charge in [-0.25, -0.2) is 8.42 Å². The highest BCUT2D eigenvalue weighted by Gasteiger charge is 2.35. The van der Waals surface area contributed by atoms with Crippen LogP contribution < -0.4 is 5.73 Å². The second kappa shape index (κ2) is 3.72. The van der Waals surface area contributed by atoms with Crippen molar-refractivity contribution in [2.75, 3.05) is 6.26 Å². The van der Waals surface area contributed by atoms with Crippen LogP contribution in [0.3, 0.4) is 0 Å². The molecule has 1 aromatic rings. The summed E-state index contributed by atoms with van der Waals surface area (Å²) in [5.41, 5.74) is 6.59. The van der Waals surface area contributed by atoms with Gasteiger partial charge in [0.2, 0.25) is 0 Å². The minimum absolute atomic E-state index is 0.242. The van der Waals surface area contributed by atoms with Gasteiger partial charge in [0.25, 0.3) is 0 Å². The molecule has 0 saturated heterocycles. The van der Waals surface area contributed by atoms with Gasteiger partial charge in [-0.15, -0.1) is 0 Å². The van der Waals surface area contributed by atoms with Crippen LogP contribution in [-0.4, -0.2) is 14.7 Å². The first-order valence-electron chi connectivity index (χ1n) is 5.11. The number of nitrogens with two attached hydrogens (primary N) is 1. The first-order chi connectivity index (χ1) is 7.31. The molecule has 0 aromatic heterocycles. The molecule has 0 spiro atoms. The lowest BCUT2D eigenvalue weighted by atomic mass is 9.73. The molecule has 0 amide bonds. The minimum Gasteiger partial charge on any atom is -0.321 e. The van der Waals surface area contributed by atoms with Crippen molar-refractivity contribution in [3.63, 3.8) is 0 Å². The molecule has 1 aliphatic rings. The average molecular weight is 260 g/mol. The number of benzene rings is 1. The molecule has 0 bridgehead atoms. The Kier molecular flexibility index (Phi) is 2.77. The lowest BCUT2D eigenvalue weighted by Crippen LogP contribution is -2.43. The van der Waals surface area contributed by atoms with Gasteiger partial charge >= 0.3 is 0 Å². The molecule has 3 nitrogen and oxygen atoms in total. The molecule has 0 unspecified atom stereocenters. The van der Waals surface area contributed by atoms with Crippen LogP contribution in [0.4, 0.5) is 0 Å². The van der Waals surface area contributed by atoms with Crippen LogP contribution in [0.25, 0.3) is 0 Å². The van der Waals surface area contributed by atoms with Crippen LogP contribution in [0, 0.1) is 0 Å². The molecule has 1 fully saturated rings. The summed E-state index contributed by atoms with van der Waals surface area (Å²) in [5.74, 6) is 0. The van der Waals surface area contributed by atoms with E-state index < -0.39 is 9.84 Å². The Labute approximate surface area is 101 Å². The third-order valence-corrected chi connectivity index (χ3v) is 4.43. The molecule has 1 aromatic carbocycles. The Morgan fingerprint density at radius 1 is 1.31 bits per heavy atom. The molecule has 1 aliphatic carbocycles. The Morgan fingerprint density at radius 3 is 2.38 bits per heavy atom. The minimum atomic E-state index is -3.23. The van der Waals surface area contributed by atoms with Gasteiger partial charge in [0.1, 0.15) is 0 Å². The first-order valence-corrected chi connectivity index (χ1v) is 7.38. The van der Waals surface area contributed by atoms with Crippen LogP contribution in [0.5, 0.6) is 0 Å².